The molecule has 0 aliphatic carbocycles. The van der Waals surface area contributed by atoms with Crippen LogP contribution in [0.2, 0.25) is 0 Å². The van der Waals surface area contributed by atoms with E-state index in [1.54, 1.807) is 0 Å². The molecule has 0 radical (unpaired) electrons. The van der Waals surface area contributed by atoms with Gasteiger partial charge in [0.2, 0.25) is 5.95 Å². The Labute approximate surface area is 96.1 Å². The summed E-state index contributed by atoms with van der Waals surface area (Å²) in [7, 11) is 0. The van der Waals surface area contributed by atoms with E-state index in [-0.39, 0.29) is 5.95 Å². The molecule has 6 heteroatoms. The molecule has 0 fully saturated rings. The van der Waals surface area contributed by atoms with Gasteiger partial charge in [-0.05, 0) is 5.56 Å². The average molecular weight is 234 g/mol. The molecule has 1 aromatic heterocycles. The number of nitrogen functional groups attached to an aromatic ring is 1. The minimum Gasteiger partial charge on any atom is -0.369 e. The van der Waals surface area contributed by atoms with Gasteiger partial charge < -0.3 is 5.73 Å². The highest BCUT2D eigenvalue weighted by molar-refractivity contribution is 7.98. The lowest BCUT2D eigenvalue weighted by molar-refractivity contribution is 0.874. The average Bonchev–Trinajstić information content (AvgIpc) is 2.27. The van der Waals surface area contributed by atoms with E-state index in [1.807, 2.05) is 30.3 Å². The molecule has 1 heterocycles. The topological polar surface area (TPSA) is 84.7 Å². The summed E-state index contributed by atoms with van der Waals surface area (Å²) < 4.78 is 0. The fraction of sp³-hybridized carbons (Fsp3) is 0.100. The maximum atomic E-state index is 11.0. The molecule has 0 atom stereocenters. The van der Waals surface area contributed by atoms with Crippen LogP contribution in [0.3, 0.4) is 0 Å². The minimum absolute atomic E-state index is 0.0931. The number of nitrogens with zero attached hydrogens (tertiary/aromatic N) is 2. The minimum atomic E-state index is -0.469. The van der Waals surface area contributed by atoms with Crippen LogP contribution in [0.25, 0.3) is 0 Å². The van der Waals surface area contributed by atoms with Gasteiger partial charge in [-0.1, -0.05) is 42.1 Å². The molecule has 0 saturated carbocycles. The van der Waals surface area contributed by atoms with Crippen LogP contribution < -0.4 is 11.4 Å². The van der Waals surface area contributed by atoms with E-state index in [2.05, 4.69) is 15.0 Å². The molecule has 0 amide bonds. The van der Waals surface area contributed by atoms with Crippen LogP contribution >= 0.6 is 11.8 Å². The zero-order valence-electron chi connectivity index (χ0n) is 8.38. The predicted octanol–water partition coefficient (Wildman–Crippen LogP) is 1.04. The Balaban J connectivity index is 2.08. The number of thioether (sulfide) groups is 1. The fourth-order valence-electron chi connectivity index (χ4n) is 1.17. The normalized spacial score (nSPS) is 10.2. The van der Waals surface area contributed by atoms with Gasteiger partial charge in [-0.25, -0.2) is 4.79 Å². The largest absolute Gasteiger partial charge is 0.369 e. The van der Waals surface area contributed by atoms with Crippen LogP contribution in [0.15, 0.2) is 40.3 Å². The third kappa shape index (κ3) is 2.83. The van der Waals surface area contributed by atoms with Gasteiger partial charge in [0.05, 0.1) is 0 Å². The first-order valence-corrected chi connectivity index (χ1v) is 5.63. The predicted molar refractivity (Wildman–Crippen MR) is 63.1 cm³/mol. The van der Waals surface area contributed by atoms with E-state index in [1.165, 1.54) is 11.8 Å². The second-order valence-corrected chi connectivity index (χ2v) is 4.04. The van der Waals surface area contributed by atoms with Gasteiger partial charge in [0.15, 0.2) is 5.16 Å². The van der Waals surface area contributed by atoms with Crippen molar-refractivity contribution < 1.29 is 0 Å². The Morgan fingerprint density at radius 2 is 2.00 bits per heavy atom. The number of hydrogen-bond acceptors (Lipinski definition) is 5. The number of nitrogens with two attached hydrogens (primary N) is 1. The molecule has 1 aromatic carbocycles. The summed E-state index contributed by atoms with van der Waals surface area (Å²) in [6, 6.07) is 9.88. The lowest BCUT2D eigenvalue weighted by atomic mass is 10.2. The molecule has 0 spiro atoms. The molecule has 5 nitrogen and oxygen atoms in total. The molecule has 0 unspecified atom stereocenters. The van der Waals surface area contributed by atoms with Gasteiger partial charge >= 0.3 is 5.69 Å². The van der Waals surface area contributed by atoms with Gasteiger partial charge in [0.1, 0.15) is 0 Å². The number of nitrogens with one attached hydrogen (secondary N) is 1. The fourth-order valence-corrected chi connectivity index (χ4v) is 1.97. The summed E-state index contributed by atoms with van der Waals surface area (Å²) >= 11 is 1.38. The smallest absolute Gasteiger partial charge is 0.350 e. The molecule has 16 heavy (non-hydrogen) atoms. The molecule has 82 valence electrons. The quantitative estimate of drug-likeness (QED) is 0.775. The Morgan fingerprint density at radius 1 is 1.25 bits per heavy atom. The number of aromatic nitrogens is 3. The summed E-state index contributed by atoms with van der Waals surface area (Å²) in [6.45, 7) is 0. The summed E-state index contributed by atoms with van der Waals surface area (Å²) in [5, 5.41) is 0.394. The molecule has 3 N–H and O–H groups in total. The Bertz CT molecular complexity index is 526. The number of aromatic amines is 1. The zero-order chi connectivity index (χ0) is 11.4. The van der Waals surface area contributed by atoms with Crippen molar-refractivity contribution in [2.24, 2.45) is 0 Å². The van der Waals surface area contributed by atoms with Crippen LogP contribution in [0.5, 0.6) is 0 Å². The van der Waals surface area contributed by atoms with Crippen molar-refractivity contribution in [3.63, 3.8) is 0 Å². The summed E-state index contributed by atoms with van der Waals surface area (Å²) in [6.07, 6.45) is 0. The number of anilines is 1. The molecule has 2 rings (SSSR count). The van der Waals surface area contributed by atoms with Gasteiger partial charge in [-0.2, -0.15) is 9.97 Å². The van der Waals surface area contributed by atoms with E-state index in [0.29, 0.717) is 10.9 Å². The van der Waals surface area contributed by atoms with Crippen LogP contribution in [0.4, 0.5) is 5.95 Å². The first-order valence-electron chi connectivity index (χ1n) is 4.64. The van der Waals surface area contributed by atoms with Crippen LogP contribution in [0, 0.1) is 0 Å². The van der Waals surface area contributed by atoms with E-state index < -0.39 is 5.69 Å². The lowest BCUT2D eigenvalue weighted by Crippen LogP contribution is -2.15. The van der Waals surface area contributed by atoms with Crippen molar-refractivity contribution in [2.75, 3.05) is 5.73 Å². The Hall–Kier alpha value is -1.82. The standard InChI is InChI=1S/C10H10N4OS/c11-8-12-9(15)14-10(13-8)16-6-7-4-2-1-3-5-7/h1-5H,6H2,(H3,11,12,13,14,15). The molecular formula is C10H10N4OS. The summed E-state index contributed by atoms with van der Waals surface area (Å²) in [4.78, 5) is 21.0. The maximum absolute atomic E-state index is 11.0. The molecule has 0 bridgehead atoms. The highest BCUT2D eigenvalue weighted by atomic mass is 32.2. The van der Waals surface area contributed by atoms with Crippen molar-refractivity contribution in [1.29, 1.82) is 0 Å². The maximum Gasteiger partial charge on any atom is 0.350 e. The van der Waals surface area contributed by atoms with E-state index in [0.717, 1.165) is 5.56 Å². The van der Waals surface area contributed by atoms with Crippen LogP contribution in [-0.2, 0) is 5.75 Å². The first kappa shape index (κ1) is 10.7. The monoisotopic (exact) mass is 234 g/mol. The highest BCUT2D eigenvalue weighted by Gasteiger charge is 2.01. The van der Waals surface area contributed by atoms with Crippen molar-refractivity contribution in [3.8, 4) is 0 Å². The van der Waals surface area contributed by atoms with Gasteiger partial charge in [0, 0.05) is 5.75 Å². The molecule has 0 saturated heterocycles. The van der Waals surface area contributed by atoms with Crippen molar-refractivity contribution in [2.45, 2.75) is 10.9 Å². The Morgan fingerprint density at radius 3 is 2.69 bits per heavy atom. The van der Waals surface area contributed by atoms with Crippen molar-refractivity contribution in [3.05, 3.63) is 46.4 Å². The van der Waals surface area contributed by atoms with Crippen LogP contribution in [-0.4, -0.2) is 15.0 Å². The van der Waals surface area contributed by atoms with Gasteiger partial charge in [-0.3, -0.25) is 4.98 Å². The van der Waals surface area contributed by atoms with E-state index in [9.17, 15) is 4.79 Å². The second-order valence-electron chi connectivity index (χ2n) is 3.10. The Kier molecular flexibility index (Phi) is 3.21. The third-order valence-corrected chi connectivity index (χ3v) is 2.78. The van der Waals surface area contributed by atoms with E-state index >= 15 is 0 Å². The van der Waals surface area contributed by atoms with Gasteiger partial charge in [0.25, 0.3) is 0 Å². The number of benzene rings is 1. The number of H-pyrrole nitrogens is 1. The van der Waals surface area contributed by atoms with Crippen molar-refractivity contribution >= 4 is 17.7 Å². The summed E-state index contributed by atoms with van der Waals surface area (Å²) in [5.41, 5.74) is 6.09. The third-order valence-electron chi connectivity index (χ3n) is 1.86. The molecular weight excluding hydrogens is 224 g/mol. The second kappa shape index (κ2) is 4.80. The molecule has 2 aromatic rings. The first-order chi connectivity index (χ1) is 7.74. The van der Waals surface area contributed by atoms with E-state index in [4.69, 9.17) is 5.73 Å². The van der Waals surface area contributed by atoms with Gasteiger partial charge in [-0.15, -0.1) is 0 Å². The highest BCUT2D eigenvalue weighted by Crippen LogP contribution is 2.17. The number of rotatable bonds is 3. The van der Waals surface area contributed by atoms with Crippen LogP contribution in [0.1, 0.15) is 5.56 Å². The molecule has 0 aliphatic rings. The zero-order valence-corrected chi connectivity index (χ0v) is 9.20. The molecule has 0 aliphatic heterocycles. The SMILES string of the molecule is Nc1nc(SCc2ccccc2)nc(=O)[nH]1. The number of hydrogen-bond donors (Lipinski definition) is 2. The summed E-state index contributed by atoms with van der Waals surface area (Å²) in [5.74, 6) is 0.805. The van der Waals surface area contributed by atoms with Crippen molar-refractivity contribution in [1.82, 2.24) is 15.0 Å². The lowest BCUT2D eigenvalue weighted by Gasteiger charge is -2.00.